The van der Waals surface area contributed by atoms with Crippen LogP contribution in [0.25, 0.3) is 16.3 Å². The van der Waals surface area contributed by atoms with Gasteiger partial charge in [0.05, 0.1) is 0 Å². The molecule has 0 bridgehead atoms. The van der Waals surface area contributed by atoms with Crippen LogP contribution in [-0.2, 0) is 0 Å². The second kappa shape index (κ2) is 5.47. The van der Waals surface area contributed by atoms with Gasteiger partial charge in [-0.05, 0) is 47.0 Å². The van der Waals surface area contributed by atoms with Crippen molar-refractivity contribution in [1.82, 2.24) is 0 Å². The number of allylic oxidation sites excluding steroid dienone is 2. The van der Waals surface area contributed by atoms with Crippen LogP contribution in [0.4, 0.5) is 5.69 Å². The van der Waals surface area contributed by atoms with E-state index in [1.807, 2.05) is 44.4 Å². The summed E-state index contributed by atoms with van der Waals surface area (Å²) in [5.41, 5.74) is 2.93. The van der Waals surface area contributed by atoms with Crippen molar-refractivity contribution < 1.29 is 0 Å². The Kier molecular flexibility index (Phi) is 3.73. The van der Waals surface area contributed by atoms with Crippen LogP contribution in [0.1, 0.15) is 12.5 Å². The fourth-order valence-corrected chi connectivity index (χ4v) is 2.08. The first-order valence-electron chi connectivity index (χ1n) is 6.29. The Morgan fingerprint density at radius 3 is 2.15 bits per heavy atom. The van der Waals surface area contributed by atoms with E-state index < -0.39 is 0 Å². The number of nitrogens with zero attached hydrogens (tertiary/aromatic N) is 3. The predicted octanol–water partition coefficient (Wildman–Crippen LogP) is 3.73. The zero-order valence-electron chi connectivity index (χ0n) is 11.8. The Bertz CT molecular complexity index is 755. The van der Waals surface area contributed by atoms with Crippen LogP contribution < -0.4 is 4.90 Å². The van der Waals surface area contributed by atoms with Gasteiger partial charge >= 0.3 is 0 Å². The van der Waals surface area contributed by atoms with Crippen molar-refractivity contribution in [2.24, 2.45) is 0 Å². The largest absolute Gasteiger partial charge is 0.378 e. The molecule has 0 N–H and O–H groups in total. The molecule has 0 aromatic heterocycles. The molecule has 0 saturated heterocycles. The van der Waals surface area contributed by atoms with Crippen molar-refractivity contribution in [1.29, 1.82) is 10.5 Å². The van der Waals surface area contributed by atoms with Crippen molar-refractivity contribution in [3.8, 4) is 12.1 Å². The van der Waals surface area contributed by atoms with Crippen molar-refractivity contribution in [3.63, 3.8) is 0 Å². The standard InChI is InChI=1S/C17H15N3/c1-12(16(10-18)11-19)13-4-5-15-9-17(20(2)3)7-6-14(15)8-13/h4-9H,1-3H3. The van der Waals surface area contributed by atoms with E-state index in [4.69, 9.17) is 10.5 Å². The van der Waals surface area contributed by atoms with Crippen LogP contribution in [0, 0.1) is 22.7 Å². The predicted molar refractivity (Wildman–Crippen MR) is 82.1 cm³/mol. The highest BCUT2D eigenvalue weighted by atomic mass is 15.1. The van der Waals surface area contributed by atoms with Gasteiger partial charge in [-0.3, -0.25) is 0 Å². The van der Waals surface area contributed by atoms with Crippen LogP contribution in [0.5, 0.6) is 0 Å². The number of benzene rings is 2. The molecule has 3 nitrogen and oxygen atoms in total. The third-order valence-electron chi connectivity index (χ3n) is 3.37. The van der Waals surface area contributed by atoms with Crippen molar-refractivity contribution in [2.75, 3.05) is 19.0 Å². The van der Waals surface area contributed by atoms with E-state index in [0.29, 0.717) is 5.57 Å². The molecule has 20 heavy (non-hydrogen) atoms. The lowest BCUT2D eigenvalue weighted by molar-refractivity contribution is 1.14. The fraction of sp³-hybridized carbons (Fsp3) is 0.176. The Morgan fingerprint density at radius 2 is 1.55 bits per heavy atom. The molecule has 0 heterocycles. The second-order valence-corrected chi connectivity index (χ2v) is 4.86. The Morgan fingerprint density at radius 1 is 0.950 bits per heavy atom. The minimum atomic E-state index is 0.161. The lowest BCUT2D eigenvalue weighted by Crippen LogP contribution is -2.07. The summed E-state index contributed by atoms with van der Waals surface area (Å²) >= 11 is 0. The van der Waals surface area contributed by atoms with Gasteiger partial charge in [-0.15, -0.1) is 0 Å². The molecule has 0 saturated carbocycles. The fourth-order valence-electron chi connectivity index (χ4n) is 2.08. The first kappa shape index (κ1) is 13.6. The summed E-state index contributed by atoms with van der Waals surface area (Å²) in [6.45, 7) is 1.80. The molecule has 2 aromatic rings. The highest BCUT2D eigenvalue weighted by Gasteiger charge is 2.05. The summed E-state index contributed by atoms with van der Waals surface area (Å²) in [4.78, 5) is 2.06. The quantitative estimate of drug-likeness (QED) is 0.774. The van der Waals surface area contributed by atoms with E-state index in [2.05, 4.69) is 23.1 Å². The maximum atomic E-state index is 8.93. The maximum absolute atomic E-state index is 8.93. The van der Waals surface area contributed by atoms with Gasteiger partial charge in [-0.1, -0.05) is 18.2 Å². The van der Waals surface area contributed by atoms with Gasteiger partial charge in [0.2, 0.25) is 0 Å². The molecule has 98 valence electrons. The molecule has 3 heteroatoms. The van der Waals surface area contributed by atoms with E-state index in [1.54, 1.807) is 6.92 Å². The number of nitriles is 2. The zero-order valence-corrected chi connectivity index (χ0v) is 11.8. The van der Waals surface area contributed by atoms with Crippen LogP contribution in [0.3, 0.4) is 0 Å². The van der Waals surface area contributed by atoms with Gasteiger partial charge in [-0.25, -0.2) is 0 Å². The maximum Gasteiger partial charge on any atom is 0.133 e. The van der Waals surface area contributed by atoms with E-state index in [-0.39, 0.29) is 5.57 Å². The van der Waals surface area contributed by atoms with E-state index in [1.165, 1.54) is 0 Å². The second-order valence-electron chi connectivity index (χ2n) is 4.86. The molecular formula is C17H15N3. The average molecular weight is 261 g/mol. The third kappa shape index (κ3) is 2.48. The van der Waals surface area contributed by atoms with Crippen LogP contribution in [0.2, 0.25) is 0 Å². The molecule has 2 rings (SSSR count). The minimum Gasteiger partial charge on any atom is -0.378 e. The van der Waals surface area contributed by atoms with Gasteiger partial charge in [0.15, 0.2) is 0 Å². The molecule has 0 aliphatic carbocycles. The topological polar surface area (TPSA) is 50.8 Å². The van der Waals surface area contributed by atoms with E-state index in [0.717, 1.165) is 22.0 Å². The molecule has 2 aromatic carbocycles. The van der Waals surface area contributed by atoms with Gasteiger partial charge in [-0.2, -0.15) is 10.5 Å². The molecule has 0 fully saturated rings. The van der Waals surface area contributed by atoms with Crippen LogP contribution in [0.15, 0.2) is 42.0 Å². The number of hydrogen-bond acceptors (Lipinski definition) is 3. The Balaban J connectivity index is 2.57. The molecule has 0 unspecified atom stereocenters. The first-order chi connectivity index (χ1) is 9.56. The molecule has 0 spiro atoms. The summed E-state index contributed by atoms with van der Waals surface area (Å²) in [7, 11) is 4.02. The monoisotopic (exact) mass is 261 g/mol. The molecule has 0 atom stereocenters. The Hall–Kier alpha value is -2.78. The lowest BCUT2D eigenvalue weighted by atomic mass is 9.99. The minimum absolute atomic E-state index is 0.161. The molecule has 0 aliphatic rings. The van der Waals surface area contributed by atoms with Crippen LogP contribution >= 0.6 is 0 Å². The zero-order chi connectivity index (χ0) is 14.7. The van der Waals surface area contributed by atoms with Gasteiger partial charge in [0.25, 0.3) is 0 Å². The smallest absolute Gasteiger partial charge is 0.133 e. The normalized spacial score (nSPS) is 9.65. The van der Waals surface area contributed by atoms with Crippen molar-refractivity contribution >= 4 is 22.0 Å². The van der Waals surface area contributed by atoms with E-state index in [9.17, 15) is 0 Å². The lowest BCUT2D eigenvalue weighted by Gasteiger charge is -2.13. The number of fused-ring (bicyclic) bond motifs is 1. The highest BCUT2D eigenvalue weighted by Crippen LogP contribution is 2.26. The summed E-state index contributed by atoms with van der Waals surface area (Å²) in [6.07, 6.45) is 0. The summed E-state index contributed by atoms with van der Waals surface area (Å²) < 4.78 is 0. The van der Waals surface area contributed by atoms with Crippen LogP contribution in [-0.4, -0.2) is 14.1 Å². The average Bonchev–Trinajstić information content (AvgIpc) is 2.47. The summed E-state index contributed by atoms with van der Waals surface area (Å²) in [6, 6.07) is 16.1. The molecular weight excluding hydrogens is 246 g/mol. The molecule has 0 radical (unpaired) electrons. The van der Waals surface area contributed by atoms with Gasteiger partial charge in [0.1, 0.15) is 17.7 Å². The number of rotatable bonds is 2. The Labute approximate surface area is 119 Å². The molecule has 0 amide bonds. The highest BCUT2D eigenvalue weighted by molar-refractivity contribution is 5.89. The number of anilines is 1. The third-order valence-corrected chi connectivity index (χ3v) is 3.37. The summed E-state index contributed by atoms with van der Waals surface area (Å²) in [5.74, 6) is 0. The summed E-state index contributed by atoms with van der Waals surface area (Å²) in [5, 5.41) is 20.1. The van der Waals surface area contributed by atoms with E-state index >= 15 is 0 Å². The van der Waals surface area contributed by atoms with Crippen molar-refractivity contribution in [3.05, 3.63) is 47.5 Å². The van der Waals surface area contributed by atoms with Gasteiger partial charge in [0, 0.05) is 19.8 Å². The number of hydrogen-bond donors (Lipinski definition) is 0. The SMILES string of the molecule is CC(=C(C#N)C#N)c1ccc2cc(N(C)C)ccc2c1. The first-order valence-corrected chi connectivity index (χ1v) is 6.29. The molecule has 0 aliphatic heterocycles. The van der Waals surface area contributed by atoms with Crippen molar-refractivity contribution in [2.45, 2.75) is 6.92 Å². The van der Waals surface area contributed by atoms with Gasteiger partial charge < -0.3 is 4.90 Å².